The van der Waals surface area contributed by atoms with Crippen molar-refractivity contribution in [2.24, 2.45) is 0 Å². The summed E-state index contributed by atoms with van der Waals surface area (Å²) in [4.78, 5) is 25.5. The monoisotopic (exact) mass is 420 g/mol. The largest absolute Gasteiger partial charge is 0.418 e. The first-order chi connectivity index (χ1) is 14.2. The number of aromatic nitrogens is 3. The van der Waals surface area contributed by atoms with Gasteiger partial charge in [-0.25, -0.2) is 9.48 Å². The number of fused-ring (bicyclic) bond motifs is 1. The molecule has 0 spiro atoms. The first kappa shape index (κ1) is 21.1. The van der Waals surface area contributed by atoms with Crippen LogP contribution in [-0.4, -0.2) is 52.5 Å². The van der Waals surface area contributed by atoms with Crippen LogP contribution in [0.1, 0.15) is 15.9 Å². The Labute approximate surface area is 169 Å². The number of amides is 3. The Morgan fingerprint density at radius 1 is 1.13 bits per heavy atom. The van der Waals surface area contributed by atoms with Crippen molar-refractivity contribution in [3.63, 3.8) is 0 Å². The lowest BCUT2D eigenvalue weighted by atomic mass is 10.1. The second-order valence-electron chi connectivity index (χ2n) is 6.64. The Kier molecular flexibility index (Phi) is 5.90. The van der Waals surface area contributed by atoms with E-state index in [4.69, 9.17) is 0 Å². The van der Waals surface area contributed by atoms with Gasteiger partial charge in [0.15, 0.2) is 0 Å². The van der Waals surface area contributed by atoms with Crippen molar-refractivity contribution < 1.29 is 22.8 Å². The average Bonchev–Trinajstić information content (AvgIpc) is 3.09. The maximum atomic E-state index is 13.0. The summed E-state index contributed by atoms with van der Waals surface area (Å²) < 4.78 is 40.5. The fraction of sp³-hybridized carbons (Fsp3) is 0.263. The van der Waals surface area contributed by atoms with Crippen LogP contribution >= 0.6 is 0 Å². The summed E-state index contributed by atoms with van der Waals surface area (Å²) in [6.07, 6.45) is -4.57. The van der Waals surface area contributed by atoms with E-state index >= 15 is 0 Å². The summed E-state index contributed by atoms with van der Waals surface area (Å²) in [6.45, 7) is 0.350. The highest BCUT2D eigenvalue weighted by Crippen LogP contribution is 2.34. The van der Waals surface area contributed by atoms with Crippen LogP contribution in [0.15, 0.2) is 42.5 Å². The Balaban J connectivity index is 1.61. The molecule has 0 aliphatic heterocycles. The lowest BCUT2D eigenvalue weighted by Crippen LogP contribution is -2.32. The molecule has 0 saturated heterocycles. The maximum Gasteiger partial charge on any atom is 0.418 e. The Morgan fingerprint density at radius 2 is 1.87 bits per heavy atom. The van der Waals surface area contributed by atoms with Crippen molar-refractivity contribution in [3.05, 3.63) is 53.6 Å². The van der Waals surface area contributed by atoms with Gasteiger partial charge < -0.3 is 15.5 Å². The number of nitrogens with one attached hydrogen (secondary N) is 2. The molecular weight excluding hydrogens is 401 g/mol. The number of hydrogen-bond donors (Lipinski definition) is 2. The van der Waals surface area contributed by atoms with Gasteiger partial charge in [-0.3, -0.25) is 4.79 Å². The van der Waals surface area contributed by atoms with Gasteiger partial charge in [-0.1, -0.05) is 17.3 Å². The molecule has 1 aromatic heterocycles. The van der Waals surface area contributed by atoms with Crippen LogP contribution in [0.2, 0.25) is 0 Å². The first-order valence-electron chi connectivity index (χ1n) is 8.93. The second kappa shape index (κ2) is 8.39. The van der Waals surface area contributed by atoms with Crippen molar-refractivity contribution in [1.29, 1.82) is 0 Å². The van der Waals surface area contributed by atoms with Crippen LogP contribution in [0.3, 0.4) is 0 Å². The van der Waals surface area contributed by atoms with Gasteiger partial charge in [-0.05, 0) is 30.3 Å². The molecular formula is C19H19F3N6O2. The van der Waals surface area contributed by atoms with Gasteiger partial charge in [-0.2, -0.15) is 13.2 Å². The molecule has 0 atom stereocenters. The summed E-state index contributed by atoms with van der Waals surface area (Å²) in [5.41, 5.74) is 0.402. The fourth-order valence-electron chi connectivity index (χ4n) is 2.81. The molecule has 0 unspecified atom stereocenters. The van der Waals surface area contributed by atoms with Crippen LogP contribution in [-0.2, 0) is 12.7 Å². The summed E-state index contributed by atoms with van der Waals surface area (Å²) >= 11 is 0. The van der Waals surface area contributed by atoms with Crippen molar-refractivity contribution in [2.75, 3.05) is 26.0 Å². The molecule has 3 rings (SSSR count). The van der Waals surface area contributed by atoms with E-state index in [-0.39, 0.29) is 24.7 Å². The highest BCUT2D eigenvalue weighted by molar-refractivity contribution is 5.97. The molecule has 8 nitrogen and oxygen atoms in total. The predicted octanol–water partition coefficient (Wildman–Crippen LogP) is 2.97. The first-order valence-corrected chi connectivity index (χ1v) is 8.93. The van der Waals surface area contributed by atoms with Crippen molar-refractivity contribution in [2.45, 2.75) is 12.7 Å². The number of nitrogens with zero attached hydrogens (tertiary/aromatic N) is 4. The summed E-state index contributed by atoms with van der Waals surface area (Å²) in [5.74, 6) is -0.163. The van der Waals surface area contributed by atoms with Gasteiger partial charge in [0.25, 0.3) is 5.91 Å². The van der Waals surface area contributed by atoms with Crippen molar-refractivity contribution in [3.8, 4) is 0 Å². The van der Waals surface area contributed by atoms with Crippen LogP contribution < -0.4 is 10.6 Å². The zero-order chi connectivity index (χ0) is 21.9. The third-order valence-corrected chi connectivity index (χ3v) is 4.26. The number of halogens is 3. The number of hydrogen-bond acceptors (Lipinski definition) is 4. The molecule has 30 heavy (non-hydrogen) atoms. The van der Waals surface area contributed by atoms with Crippen LogP contribution in [0.5, 0.6) is 0 Å². The predicted molar refractivity (Wildman–Crippen MR) is 104 cm³/mol. The minimum atomic E-state index is -4.57. The molecule has 1 heterocycles. The molecule has 3 amide bonds. The van der Waals surface area contributed by atoms with Crippen LogP contribution in [0.4, 0.5) is 23.7 Å². The maximum absolute atomic E-state index is 13.0. The standard InChI is InChI=1S/C19H19F3N6O2/c1-27(2)17(29)12-7-8-16-15(11-12)25-26-28(16)10-9-23-18(30)24-14-6-4-3-5-13(14)19(20,21)22/h3-8,11H,9-10H2,1-2H3,(H2,23,24,30). The molecule has 0 radical (unpaired) electrons. The van der Waals surface area contributed by atoms with E-state index < -0.39 is 17.8 Å². The third-order valence-electron chi connectivity index (χ3n) is 4.26. The Morgan fingerprint density at radius 3 is 2.57 bits per heavy atom. The van der Waals surface area contributed by atoms with E-state index in [1.165, 1.54) is 27.8 Å². The Hall–Kier alpha value is -3.63. The number of anilines is 1. The third kappa shape index (κ3) is 4.67. The summed E-state index contributed by atoms with van der Waals surface area (Å²) in [6, 6.07) is 8.93. The van der Waals surface area contributed by atoms with E-state index in [1.807, 2.05) is 0 Å². The second-order valence-corrected chi connectivity index (χ2v) is 6.64. The Bertz CT molecular complexity index is 1080. The van der Waals surface area contributed by atoms with E-state index in [9.17, 15) is 22.8 Å². The minimum absolute atomic E-state index is 0.108. The van der Waals surface area contributed by atoms with Gasteiger partial charge in [0, 0.05) is 26.2 Å². The zero-order valence-corrected chi connectivity index (χ0v) is 16.2. The molecule has 0 fully saturated rings. The van der Waals surface area contributed by atoms with Gasteiger partial charge in [0.1, 0.15) is 5.52 Å². The lowest BCUT2D eigenvalue weighted by molar-refractivity contribution is -0.136. The van der Waals surface area contributed by atoms with Crippen LogP contribution in [0.25, 0.3) is 11.0 Å². The van der Waals surface area contributed by atoms with E-state index in [0.29, 0.717) is 16.6 Å². The van der Waals surface area contributed by atoms with Gasteiger partial charge in [0.05, 0.1) is 23.3 Å². The summed E-state index contributed by atoms with van der Waals surface area (Å²) in [7, 11) is 3.29. The minimum Gasteiger partial charge on any atom is -0.345 e. The average molecular weight is 420 g/mol. The van der Waals surface area contributed by atoms with E-state index in [1.54, 1.807) is 32.3 Å². The molecule has 0 aliphatic carbocycles. The van der Waals surface area contributed by atoms with Crippen molar-refractivity contribution in [1.82, 2.24) is 25.2 Å². The molecule has 11 heteroatoms. The topological polar surface area (TPSA) is 92.2 Å². The molecule has 0 bridgehead atoms. The van der Waals surface area contributed by atoms with Crippen molar-refractivity contribution >= 4 is 28.7 Å². The zero-order valence-electron chi connectivity index (χ0n) is 16.2. The molecule has 0 aliphatic rings. The van der Waals surface area contributed by atoms with E-state index in [0.717, 1.165) is 6.07 Å². The molecule has 2 aromatic carbocycles. The summed E-state index contributed by atoms with van der Waals surface area (Å²) in [5, 5.41) is 12.7. The molecule has 3 aromatic rings. The van der Waals surface area contributed by atoms with Crippen LogP contribution in [0, 0.1) is 0 Å². The fourth-order valence-corrected chi connectivity index (χ4v) is 2.81. The number of alkyl halides is 3. The molecule has 158 valence electrons. The molecule has 0 saturated carbocycles. The number of benzene rings is 2. The highest BCUT2D eigenvalue weighted by atomic mass is 19.4. The van der Waals surface area contributed by atoms with Gasteiger partial charge in [0.2, 0.25) is 0 Å². The quantitative estimate of drug-likeness (QED) is 0.664. The SMILES string of the molecule is CN(C)C(=O)c1ccc2c(c1)nnn2CCNC(=O)Nc1ccccc1C(F)(F)F. The number of carbonyl (C=O) groups is 2. The smallest absolute Gasteiger partial charge is 0.345 e. The number of para-hydroxylation sites is 1. The number of rotatable bonds is 5. The lowest BCUT2D eigenvalue weighted by Gasteiger charge is -2.14. The highest BCUT2D eigenvalue weighted by Gasteiger charge is 2.33. The van der Waals surface area contributed by atoms with Gasteiger partial charge in [-0.15, -0.1) is 5.10 Å². The van der Waals surface area contributed by atoms with Gasteiger partial charge >= 0.3 is 12.2 Å². The number of carbonyl (C=O) groups excluding carboxylic acids is 2. The molecule has 2 N–H and O–H groups in total. The number of urea groups is 1. The van der Waals surface area contributed by atoms with E-state index in [2.05, 4.69) is 20.9 Å². The normalized spacial score (nSPS) is 11.4.